The van der Waals surface area contributed by atoms with Gasteiger partial charge in [-0.2, -0.15) is 0 Å². The molecule has 1 saturated heterocycles. The minimum absolute atomic E-state index is 0.428. The quantitative estimate of drug-likeness (QED) is 0.826. The first-order chi connectivity index (χ1) is 11.9. The van der Waals surface area contributed by atoms with Crippen molar-refractivity contribution in [3.8, 4) is 0 Å². The van der Waals surface area contributed by atoms with Crippen LogP contribution >= 0.6 is 11.6 Å². The molecule has 0 aliphatic carbocycles. The van der Waals surface area contributed by atoms with Crippen LogP contribution in [0.5, 0.6) is 0 Å². The van der Waals surface area contributed by atoms with E-state index in [1.54, 1.807) is 0 Å². The van der Waals surface area contributed by atoms with E-state index in [9.17, 15) is 9.90 Å². The Bertz CT molecular complexity index is 779. The average Bonchev–Trinajstić information content (AvgIpc) is 2.57. The van der Waals surface area contributed by atoms with Gasteiger partial charge in [0.2, 0.25) is 0 Å². The summed E-state index contributed by atoms with van der Waals surface area (Å²) in [7, 11) is 0. The van der Waals surface area contributed by atoms with E-state index in [-0.39, 0.29) is 0 Å². The molecule has 0 bridgehead atoms. The fourth-order valence-corrected chi connectivity index (χ4v) is 3.91. The maximum Gasteiger partial charge on any atom is 0.335 e. The van der Waals surface area contributed by atoms with E-state index >= 15 is 0 Å². The highest BCUT2D eigenvalue weighted by molar-refractivity contribution is 6.30. The molecule has 0 atom stereocenters. The second-order valence-electron chi connectivity index (χ2n) is 7.01. The number of hydrogen-bond acceptors (Lipinski definition) is 2. The summed E-state index contributed by atoms with van der Waals surface area (Å²) in [6.45, 7) is 5.97. The summed E-state index contributed by atoms with van der Waals surface area (Å²) >= 11 is 6.10. The number of hydrogen-bond donors (Lipinski definition) is 1. The summed E-state index contributed by atoms with van der Waals surface area (Å²) in [5, 5.41) is 10.1. The zero-order valence-corrected chi connectivity index (χ0v) is 15.5. The third-order valence-corrected chi connectivity index (χ3v) is 5.44. The van der Waals surface area contributed by atoms with Crippen LogP contribution < -0.4 is 4.90 Å². The fourth-order valence-electron chi connectivity index (χ4n) is 3.73. The van der Waals surface area contributed by atoms with E-state index in [4.69, 9.17) is 11.6 Å². The Morgan fingerprint density at radius 3 is 2.52 bits per heavy atom. The number of aryl methyl sites for hydroxylation is 2. The van der Waals surface area contributed by atoms with Gasteiger partial charge in [-0.3, -0.25) is 0 Å². The first-order valence-corrected chi connectivity index (χ1v) is 9.16. The van der Waals surface area contributed by atoms with Crippen molar-refractivity contribution in [3.05, 3.63) is 63.7 Å². The van der Waals surface area contributed by atoms with Gasteiger partial charge < -0.3 is 10.0 Å². The number of carboxylic acid groups (broad SMARTS) is 1. The fraction of sp³-hybridized carbons (Fsp3) is 0.381. The van der Waals surface area contributed by atoms with Crippen molar-refractivity contribution in [2.75, 3.05) is 18.0 Å². The highest BCUT2D eigenvalue weighted by atomic mass is 35.5. The molecule has 0 unspecified atom stereocenters. The molecule has 1 heterocycles. The van der Waals surface area contributed by atoms with E-state index in [0.29, 0.717) is 11.5 Å². The molecule has 0 aromatic heterocycles. The lowest BCUT2D eigenvalue weighted by Gasteiger charge is -2.34. The summed E-state index contributed by atoms with van der Waals surface area (Å²) in [5.74, 6) is -0.243. The summed E-state index contributed by atoms with van der Waals surface area (Å²) < 4.78 is 0. The van der Waals surface area contributed by atoms with Gasteiger partial charge in [-0.15, -0.1) is 0 Å². The van der Waals surface area contributed by atoms with E-state index in [1.165, 1.54) is 16.8 Å². The largest absolute Gasteiger partial charge is 0.478 e. The Kier molecular flexibility index (Phi) is 5.33. The van der Waals surface area contributed by atoms with Gasteiger partial charge in [0.05, 0.1) is 5.56 Å². The average molecular weight is 358 g/mol. The van der Waals surface area contributed by atoms with Crippen LogP contribution in [-0.2, 0) is 6.42 Å². The Morgan fingerprint density at radius 2 is 1.88 bits per heavy atom. The molecule has 0 spiro atoms. The van der Waals surface area contributed by atoms with E-state index in [2.05, 4.69) is 17.9 Å². The molecule has 2 aromatic carbocycles. The van der Waals surface area contributed by atoms with Crippen molar-refractivity contribution < 1.29 is 9.90 Å². The molecular weight excluding hydrogens is 334 g/mol. The van der Waals surface area contributed by atoms with Crippen molar-refractivity contribution in [2.45, 2.75) is 33.1 Å². The van der Waals surface area contributed by atoms with Gasteiger partial charge >= 0.3 is 5.97 Å². The standard InChI is InChI=1S/C21H24ClNO2/c1-14-10-15(2)20(21(24)25)12-17(14)11-16-6-8-23(9-7-16)19-5-3-4-18(22)13-19/h3-5,10,12-13,16H,6-9,11H2,1-2H3,(H,24,25). The van der Waals surface area contributed by atoms with Gasteiger partial charge in [0.25, 0.3) is 0 Å². The minimum atomic E-state index is -0.838. The number of rotatable bonds is 4. The molecule has 1 fully saturated rings. The predicted octanol–water partition coefficient (Wildman–Crippen LogP) is 5.11. The van der Waals surface area contributed by atoms with Gasteiger partial charge in [-0.1, -0.05) is 23.7 Å². The summed E-state index contributed by atoms with van der Waals surface area (Å²) in [6.07, 6.45) is 3.18. The Labute approximate surface area is 154 Å². The molecule has 3 nitrogen and oxygen atoms in total. The molecule has 4 heteroatoms. The number of carboxylic acids is 1. The topological polar surface area (TPSA) is 40.5 Å². The molecule has 2 aromatic rings. The zero-order valence-electron chi connectivity index (χ0n) is 14.8. The summed E-state index contributed by atoms with van der Waals surface area (Å²) in [4.78, 5) is 13.8. The van der Waals surface area contributed by atoms with Gasteiger partial charge in [-0.25, -0.2) is 4.79 Å². The molecule has 3 rings (SSSR count). The van der Waals surface area contributed by atoms with Crippen LogP contribution in [-0.4, -0.2) is 24.2 Å². The van der Waals surface area contributed by atoms with E-state index in [1.807, 2.05) is 37.3 Å². The molecule has 132 valence electrons. The van der Waals surface area contributed by atoms with Crippen LogP contribution in [0.4, 0.5) is 5.69 Å². The maximum absolute atomic E-state index is 11.4. The number of halogens is 1. The number of carbonyl (C=O) groups is 1. The molecular formula is C21H24ClNO2. The highest BCUT2D eigenvalue weighted by Gasteiger charge is 2.21. The van der Waals surface area contributed by atoms with Gasteiger partial charge in [0.1, 0.15) is 0 Å². The molecule has 1 aliphatic rings. The number of anilines is 1. The third-order valence-electron chi connectivity index (χ3n) is 5.21. The Balaban J connectivity index is 1.66. The second kappa shape index (κ2) is 7.49. The summed E-state index contributed by atoms with van der Waals surface area (Å²) in [5.41, 5.74) is 4.82. The Hall–Kier alpha value is -2.00. The third kappa shape index (κ3) is 4.16. The molecule has 0 amide bonds. The lowest BCUT2D eigenvalue weighted by Crippen LogP contribution is -2.34. The molecule has 25 heavy (non-hydrogen) atoms. The smallest absolute Gasteiger partial charge is 0.335 e. The second-order valence-corrected chi connectivity index (χ2v) is 7.45. The molecule has 0 saturated carbocycles. The van der Waals surface area contributed by atoms with E-state index < -0.39 is 5.97 Å². The minimum Gasteiger partial charge on any atom is -0.478 e. The van der Waals surface area contributed by atoms with Crippen LogP contribution in [0.1, 0.15) is 39.9 Å². The molecule has 1 N–H and O–H groups in total. The van der Waals surface area contributed by atoms with Crippen LogP contribution in [0.15, 0.2) is 36.4 Å². The van der Waals surface area contributed by atoms with Crippen molar-refractivity contribution in [1.82, 2.24) is 0 Å². The van der Waals surface area contributed by atoms with Gasteiger partial charge in [0, 0.05) is 23.8 Å². The van der Waals surface area contributed by atoms with E-state index in [0.717, 1.165) is 42.9 Å². The van der Waals surface area contributed by atoms with Crippen LogP contribution in [0.2, 0.25) is 5.02 Å². The highest BCUT2D eigenvalue weighted by Crippen LogP contribution is 2.28. The van der Waals surface area contributed by atoms with Gasteiger partial charge in [-0.05, 0) is 80.0 Å². The van der Waals surface area contributed by atoms with Gasteiger partial charge in [0.15, 0.2) is 0 Å². The summed E-state index contributed by atoms with van der Waals surface area (Å²) in [6, 6.07) is 11.9. The number of piperidine rings is 1. The number of nitrogens with zero attached hydrogens (tertiary/aromatic N) is 1. The molecule has 0 radical (unpaired) electrons. The van der Waals surface area contributed by atoms with Crippen molar-refractivity contribution in [3.63, 3.8) is 0 Å². The monoisotopic (exact) mass is 357 g/mol. The zero-order chi connectivity index (χ0) is 18.0. The van der Waals surface area contributed by atoms with Crippen LogP contribution in [0.25, 0.3) is 0 Å². The van der Waals surface area contributed by atoms with Crippen LogP contribution in [0.3, 0.4) is 0 Å². The van der Waals surface area contributed by atoms with Crippen molar-refractivity contribution >= 4 is 23.3 Å². The van der Waals surface area contributed by atoms with Crippen molar-refractivity contribution in [2.24, 2.45) is 5.92 Å². The predicted molar refractivity (Wildman–Crippen MR) is 103 cm³/mol. The first-order valence-electron chi connectivity index (χ1n) is 8.78. The molecule has 1 aliphatic heterocycles. The Morgan fingerprint density at radius 1 is 1.16 bits per heavy atom. The number of benzene rings is 2. The number of aromatic carboxylic acids is 1. The SMILES string of the molecule is Cc1cc(C)c(C(=O)O)cc1CC1CCN(c2cccc(Cl)c2)CC1. The normalized spacial score (nSPS) is 15.4. The lowest BCUT2D eigenvalue weighted by atomic mass is 9.87. The lowest BCUT2D eigenvalue weighted by molar-refractivity contribution is 0.0696. The maximum atomic E-state index is 11.4. The van der Waals surface area contributed by atoms with Crippen LogP contribution in [0, 0.1) is 19.8 Å². The van der Waals surface area contributed by atoms with Crippen molar-refractivity contribution in [1.29, 1.82) is 0 Å². The first kappa shape index (κ1) is 17.8.